The van der Waals surface area contributed by atoms with Gasteiger partial charge in [-0.05, 0) is 45.6 Å². The minimum Gasteiger partial charge on any atom is -0.368 e. The average molecular weight is 319 g/mol. The van der Waals surface area contributed by atoms with Crippen LogP contribution in [-0.2, 0) is 16.1 Å². The van der Waals surface area contributed by atoms with Crippen LogP contribution in [0.3, 0.4) is 0 Å². The molecule has 2 rings (SSSR count). The fourth-order valence-electron chi connectivity index (χ4n) is 2.66. The molecule has 1 aliphatic rings. The maximum atomic E-state index is 12.6. The molecule has 1 fully saturated rings. The standard InChI is InChI=1S/C18H29N3O2/c1-20(2)12-13-21(14-16-6-4-3-5-7-16)18(22)15-23-17-8-10-19-11-9-17/h3-7,17,19H,8-15H2,1-2H3. The minimum atomic E-state index is 0.0780. The molecular formula is C18H29N3O2. The van der Waals surface area contributed by atoms with Crippen molar-refractivity contribution in [3.63, 3.8) is 0 Å². The number of carbonyl (C=O) groups is 1. The number of hydrogen-bond donors (Lipinski definition) is 1. The van der Waals surface area contributed by atoms with E-state index in [1.54, 1.807) is 0 Å². The number of hydrogen-bond acceptors (Lipinski definition) is 4. The highest BCUT2D eigenvalue weighted by molar-refractivity contribution is 5.77. The fourth-order valence-corrected chi connectivity index (χ4v) is 2.66. The Labute approximate surface area is 139 Å². The van der Waals surface area contributed by atoms with Crippen LogP contribution in [0, 0.1) is 0 Å². The van der Waals surface area contributed by atoms with E-state index >= 15 is 0 Å². The number of likely N-dealkylation sites (N-methyl/N-ethyl adjacent to an activating group) is 1. The maximum absolute atomic E-state index is 12.6. The smallest absolute Gasteiger partial charge is 0.248 e. The first-order chi connectivity index (χ1) is 11.1. The molecule has 1 amide bonds. The van der Waals surface area contributed by atoms with Crippen molar-refractivity contribution in [1.82, 2.24) is 15.1 Å². The monoisotopic (exact) mass is 319 g/mol. The quantitative estimate of drug-likeness (QED) is 0.785. The lowest BCUT2D eigenvalue weighted by atomic mass is 10.1. The summed E-state index contributed by atoms with van der Waals surface area (Å²) < 4.78 is 5.83. The first kappa shape index (κ1) is 17.9. The Morgan fingerprint density at radius 2 is 1.87 bits per heavy atom. The first-order valence-corrected chi connectivity index (χ1v) is 8.44. The van der Waals surface area contributed by atoms with Crippen LogP contribution in [0.25, 0.3) is 0 Å². The molecule has 1 heterocycles. The summed E-state index contributed by atoms with van der Waals surface area (Å²) in [6.45, 7) is 4.36. The summed E-state index contributed by atoms with van der Waals surface area (Å²) in [4.78, 5) is 16.6. The second-order valence-corrected chi connectivity index (χ2v) is 6.36. The summed E-state index contributed by atoms with van der Waals surface area (Å²) in [6.07, 6.45) is 2.19. The van der Waals surface area contributed by atoms with Crippen molar-refractivity contribution in [3.8, 4) is 0 Å². The number of carbonyl (C=O) groups excluding carboxylic acids is 1. The van der Waals surface area contributed by atoms with Gasteiger partial charge in [-0.2, -0.15) is 0 Å². The van der Waals surface area contributed by atoms with Crippen molar-refractivity contribution in [2.75, 3.05) is 46.9 Å². The number of nitrogens with one attached hydrogen (secondary N) is 1. The highest BCUT2D eigenvalue weighted by Gasteiger charge is 2.18. The van der Waals surface area contributed by atoms with Crippen LogP contribution in [0.5, 0.6) is 0 Å². The lowest BCUT2D eigenvalue weighted by Crippen LogP contribution is -2.40. The van der Waals surface area contributed by atoms with Crippen molar-refractivity contribution in [2.24, 2.45) is 0 Å². The molecule has 23 heavy (non-hydrogen) atoms. The third-order valence-electron chi connectivity index (χ3n) is 4.11. The molecule has 1 saturated heterocycles. The Morgan fingerprint density at radius 1 is 1.17 bits per heavy atom. The van der Waals surface area contributed by atoms with Gasteiger partial charge >= 0.3 is 0 Å². The summed E-state index contributed by atoms with van der Waals surface area (Å²) in [5.74, 6) is 0.0780. The van der Waals surface area contributed by atoms with Crippen LogP contribution in [0.4, 0.5) is 0 Å². The molecule has 0 bridgehead atoms. The number of ether oxygens (including phenoxy) is 1. The Kier molecular flexibility index (Phi) is 7.52. The second-order valence-electron chi connectivity index (χ2n) is 6.36. The van der Waals surface area contributed by atoms with Gasteiger partial charge in [0.1, 0.15) is 6.61 Å². The number of benzene rings is 1. The minimum absolute atomic E-state index is 0.0780. The predicted octanol–water partition coefficient (Wildman–Crippen LogP) is 1.35. The lowest BCUT2D eigenvalue weighted by Gasteiger charge is -2.27. The zero-order chi connectivity index (χ0) is 16.5. The molecular weight excluding hydrogens is 290 g/mol. The summed E-state index contributed by atoms with van der Waals surface area (Å²) in [5, 5.41) is 3.31. The Hall–Kier alpha value is -1.43. The molecule has 0 aliphatic carbocycles. The van der Waals surface area contributed by atoms with Gasteiger partial charge in [0.15, 0.2) is 0 Å². The maximum Gasteiger partial charge on any atom is 0.248 e. The lowest BCUT2D eigenvalue weighted by molar-refractivity contribution is -0.139. The Bertz CT molecular complexity index is 459. The van der Waals surface area contributed by atoms with E-state index in [-0.39, 0.29) is 18.6 Å². The Morgan fingerprint density at radius 3 is 2.52 bits per heavy atom. The van der Waals surface area contributed by atoms with Gasteiger partial charge in [-0.15, -0.1) is 0 Å². The molecule has 1 N–H and O–H groups in total. The molecule has 1 aromatic rings. The van der Waals surface area contributed by atoms with Crippen molar-refractivity contribution in [1.29, 1.82) is 0 Å². The molecule has 128 valence electrons. The van der Waals surface area contributed by atoms with Gasteiger partial charge in [-0.3, -0.25) is 4.79 Å². The van der Waals surface area contributed by atoms with Gasteiger partial charge in [0, 0.05) is 19.6 Å². The normalized spacial score (nSPS) is 15.8. The number of nitrogens with zero attached hydrogens (tertiary/aromatic N) is 2. The van der Waals surface area contributed by atoms with Crippen molar-refractivity contribution in [3.05, 3.63) is 35.9 Å². The first-order valence-electron chi connectivity index (χ1n) is 8.44. The third kappa shape index (κ3) is 6.69. The van der Waals surface area contributed by atoms with Crippen LogP contribution in [-0.4, -0.2) is 68.7 Å². The zero-order valence-corrected chi connectivity index (χ0v) is 14.3. The van der Waals surface area contributed by atoms with E-state index in [4.69, 9.17) is 4.74 Å². The van der Waals surface area contributed by atoms with Gasteiger partial charge in [-0.1, -0.05) is 30.3 Å². The summed E-state index contributed by atoms with van der Waals surface area (Å²) >= 11 is 0. The molecule has 0 spiro atoms. The molecule has 0 saturated carbocycles. The van der Waals surface area contributed by atoms with E-state index in [2.05, 4.69) is 22.3 Å². The molecule has 0 atom stereocenters. The molecule has 1 aliphatic heterocycles. The van der Waals surface area contributed by atoms with Crippen molar-refractivity contribution in [2.45, 2.75) is 25.5 Å². The van der Waals surface area contributed by atoms with Crippen molar-refractivity contribution < 1.29 is 9.53 Å². The van der Waals surface area contributed by atoms with Gasteiger partial charge in [-0.25, -0.2) is 0 Å². The highest BCUT2D eigenvalue weighted by Crippen LogP contribution is 2.09. The van der Waals surface area contributed by atoms with E-state index < -0.39 is 0 Å². The predicted molar refractivity (Wildman–Crippen MR) is 92.3 cm³/mol. The average Bonchev–Trinajstić information content (AvgIpc) is 2.58. The second kappa shape index (κ2) is 9.65. The molecule has 5 heteroatoms. The topological polar surface area (TPSA) is 44.8 Å². The van der Waals surface area contributed by atoms with E-state index in [0.717, 1.165) is 44.6 Å². The van der Waals surface area contributed by atoms with Crippen molar-refractivity contribution >= 4 is 5.91 Å². The molecule has 0 aromatic heterocycles. The van der Waals surface area contributed by atoms with Crippen LogP contribution in [0.2, 0.25) is 0 Å². The van der Waals surface area contributed by atoms with Crippen LogP contribution in [0.1, 0.15) is 18.4 Å². The van der Waals surface area contributed by atoms with E-state index in [1.165, 1.54) is 0 Å². The third-order valence-corrected chi connectivity index (χ3v) is 4.11. The van der Waals surface area contributed by atoms with Gasteiger partial charge in [0.25, 0.3) is 0 Å². The van der Waals surface area contributed by atoms with Gasteiger partial charge in [0.2, 0.25) is 5.91 Å². The number of amides is 1. The van der Waals surface area contributed by atoms with Crippen LogP contribution >= 0.6 is 0 Å². The largest absolute Gasteiger partial charge is 0.368 e. The SMILES string of the molecule is CN(C)CCN(Cc1ccccc1)C(=O)COC1CCNCC1. The number of piperidine rings is 1. The molecule has 1 aromatic carbocycles. The number of rotatable bonds is 8. The van der Waals surface area contributed by atoms with E-state index in [9.17, 15) is 4.79 Å². The zero-order valence-electron chi connectivity index (χ0n) is 14.3. The van der Waals surface area contributed by atoms with E-state index in [0.29, 0.717) is 6.54 Å². The molecule has 0 radical (unpaired) electrons. The highest BCUT2D eigenvalue weighted by atomic mass is 16.5. The molecule has 5 nitrogen and oxygen atoms in total. The molecule has 0 unspecified atom stereocenters. The fraction of sp³-hybridized carbons (Fsp3) is 0.611. The van der Waals surface area contributed by atoms with E-state index in [1.807, 2.05) is 37.2 Å². The summed E-state index contributed by atoms with van der Waals surface area (Å²) in [7, 11) is 4.05. The Balaban J connectivity index is 1.87. The van der Waals surface area contributed by atoms with Gasteiger partial charge in [0.05, 0.1) is 6.10 Å². The van der Waals surface area contributed by atoms with Crippen LogP contribution in [0.15, 0.2) is 30.3 Å². The summed E-state index contributed by atoms with van der Waals surface area (Å²) in [5.41, 5.74) is 1.15. The van der Waals surface area contributed by atoms with Gasteiger partial charge < -0.3 is 19.9 Å². The van der Waals surface area contributed by atoms with Crippen LogP contribution < -0.4 is 5.32 Å². The summed E-state index contributed by atoms with van der Waals surface area (Å²) in [6, 6.07) is 10.1.